The Labute approximate surface area is 346 Å². The van der Waals surface area contributed by atoms with Crippen LogP contribution in [-0.4, -0.2) is 69.8 Å². The molecule has 0 aromatic rings. The molecular weight excluding hydrogens is 701 g/mol. The number of rotatable bonds is 42. The molecule has 0 aromatic carbocycles. The van der Waals surface area contributed by atoms with E-state index in [0.717, 1.165) is 44.9 Å². The van der Waals surface area contributed by atoms with Crippen molar-refractivity contribution >= 4 is 19.8 Å². The van der Waals surface area contributed by atoms with Gasteiger partial charge in [-0.2, -0.15) is 0 Å². The largest absolute Gasteiger partial charge is 0.756 e. The number of hydrogen-bond acceptors (Lipinski definition) is 8. The van der Waals surface area contributed by atoms with Gasteiger partial charge in [0.05, 0.1) is 39.9 Å². The lowest BCUT2D eigenvalue weighted by atomic mass is 10.0. The third-order valence-corrected chi connectivity index (χ3v) is 10.8. The standard InChI is InChI=1S/C44H88NO8P/c1-6-8-10-12-14-16-18-20-22-24-26-28-30-32-34-36-43(46)50-40-42(41-52-54(48,49)51-39-38-45(3,4)5)53-44(47)37-35-33-31-29-27-25-23-21-19-17-15-13-11-9-7-2/h42H,6-41H2,1-5H3/t42-/m1/s1/i3D3,4D3,5D3. The van der Waals surface area contributed by atoms with Crippen molar-refractivity contribution in [1.82, 2.24) is 0 Å². The second-order valence-corrected chi connectivity index (χ2v) is 16.7. The number of phosphoric ester groups is 1. The number of carbonyl (C=O) groups is 2. The van der Waals surface area contributed by atoms with Gasteiger partial charge < -0.3 is 27.9 Å². The van der Waals surface area contributed by atoms with Gasteiger partial charge in [-0.05, 0) is 12.8 Å². The first-order valence-corrected chi connectivity index (χ1v) is 23.5. The number of likely N-dealkylation sites (N-methyl/N-ethyl adjacent to an activating group) is 1. The van der Waals surface area contributed by atoms with Gasteiger partial charge in [0.2, 0.25) is 0 Å². The van der Waals surface area contributed by atoms with Gasteiger partial charge in [-0.15, -0.1) is 0 Å². The Kier molecular flexibility index (Phi) is 26.8. The summed E-state index contributed by atoms with van der Waals surface area (Å²) in [5.41, 5.74) is 0. The highest BCUT2D eigenvalue weighted by Crippen LogP contribution is 2.38. The Morgan fingerprint density at radius 2 is 0.889 bits per heavy atom. The lowest BCUT2D eigenvalue weighted by Crippen LogP contribution is -2.37. The second kappa shape index (κ2) is 37.6. The molecule has 9 nitrogen and oxygen atoms in total. The van der Waals surface area contributed by atoms with Crippen molar-refractivity contribution in [3.05, 3.63) is 0 Å². The van der Waals surface area contributed by atoms with Crippen molar-refractivity contribution < 1.29 is 54.4 Å². The summed E-state index contributed by atoms with van der Waals surface area (Å²) < 4.78 is 100.0. The molecule has 0 heterocycles. The summed E-state index contributed by atoms with van der Waals surface area (Å²) in [6.45, 7) is -9.98. The van der Waals surface area contributed by atoms with E-state index < -0.39 is 77.6 Å². The van der Waals surface area contributed by atoms with E-state index in [-0.39, 0.29) is 12.8 Å². The average Bonchev–Trinajstić information content (AvgIpc) is 3.19. The number of quaternary nitrogens is 1. The Bertz CT molecular complexity index is 1160. The molecule has 0 aromatic heterocycles. The van der Waals surface area contributed by atoms with E-state index >= 15 is 0 Å². The summed E-state index contributed by atoms with van der Waals surface area (Å²) in [4.78, 5) is 38.1. The van der Waals surface area contributed by atoms with Crippen molar-refractivity contribution in [2.45, 2.75) is 225 Å². The van der Waals surface area contributed by atoms with Crippen LogP contribution in [0.1, 0.15) is 232 Å². The van der Waals surface area contributed by atoms with Crippen LogP contribution in [-0.2, 0) is 32.7 Å². The van der Waals surface area contributed by atoms with E-state index in [1.165, 1.54) is 135 Å². The molecule has 0 bridgehead atoms. The summed E-state index contributed by atoms with van der Waals surface area (Å²) in [5.74, 6) is -1.17. The Hall–Kier alpha value is -0.990. The monoisotopic (exact) mass is 799 g/mol. The number of esters is 2. The minimum Gasteiger partial charge on any atom is -0.756 e. The lowest BCUT2D eigenvalue weighted by Gasteiger charge is -2.28. The minimum atomic E-state index is -5.32. The zero-order valence-corrected chi connectivity index (χ0v) is 35.6. The van der Waals surface area contributed by atoms with Gasteiger partial charge in [0.1, 0.15) is 19.8 Å². The van der Waals surface area contributed by atoms with Crippen LogP contribution in [0.2, 0.25) is 0 Å². The Morgan fingerprint density at radius 3 is 1.26 bits per heavy atom. The molecule has 0 N–H and O–H groups in total. The second-order valence-electron chi connectivity index (χ2n) is 15.3. The van der Waals surface area contributed by atoms with E-state index in [9.17, 15) is 19.0 Å². The lowest BCUT2D eigenvalue weighted by molar-refractivity contribution is -0.870. The van der Waals surface area contributed by atoms with E-state index in [4.69, 9.17) is 30.9 Å². The quantitative estimate of drug-likeness (QED) is 0.0260. The van der Waals surface area contributed by atoms with Crippen LogP contribution in [0.15, 0.2) is 0 Å². The van der Waals surface area contributed by atoms with Crippen molar-refractivity contribution in [2.75, 3.05) is 47.3 Å². The molecule has 0 saturated carbocycles. The fourth-order valence-electron chi connectivity index (χ4n) is 6.40. The van der Waals surface area contributed by atoms with Crippen molar-refractivity contribution in [2.24, 2.45) is 0 Å². The molecule has 0 amide bonds. The first kappa shape index (κ1) is 38.5. The molecule has 2 atom stereocenters. The number of carbonyl (C=O) groups excluding carboxylic acids is 2. The predicted molar refractivity (Wildman–Crippen MR) is 222 cm³/mol. The number of unbranched alkanes of at least 4 members (excludes halogenated alkanes) is 28. The van der Waals surface area contributed by atoms with Gasteiger partial charge in [-0.3, -0.25) is 14.2 Å². The first-order valence-electron chi connectivity index (χ1n) is 26.6. The Balaban J connectivity index is 4.90. The molecule has 0 aliphatic carbocycles. The van der Waals surface area contributed by atoms with Gasteiger partial charge in [0, 0.05) is 12.8 Å². The highest BCUT2D eigenvalue weighted by molar-refractivity contribution is 7.45. The maximum Gasteiger partial charge on any atom is 0.306 e. The fraction of sp³-hybridized carbons (Fsp3) is 0.955. The molecule has 54 heavy (non-hydrogen) atoms. The fourth-order valence-corrected chi connectivity index (χ4v) is 7.13. The highest BCUT2D eigenvalue weighted by atomic mass is 31.2. The maximum atomic E-state index is 12.8. The van der Waals surface area contributed by atoms with Crippen molar-refractivity contribution in [3.8, 4) is 0 Å². The molecule has 0 saturated heterocycles. The molecule has 0 radical (unpaired) electrons. The van der Waals surface area contributed by atoms with Gasteiger partial charge in [-0.1, -0.05) is 194 Å². The number of phosphoric acid groups is 1. The number of ether oxygens (including phenoxy) is 2. The SMILES string of the molecule is [2H]C([2H])([2H])[N+](CCOP(=O)([O-])OC[C@@H](COC(=O)CCCCCCCCCCCCCCCCC)OC(=O)CCCCCCCCCCCCCCCCC)(C([2H])([2H])[2H])C([2H])([2H])[2H]. The third kappa shape index (κ3) is 40.7. The van der Waals surface area contributed by atoms with E-state index in [2.05, 4.69) is 13.8 Å². The van der Waals surface area contributed by atoms with Crippen molar-refractivity contribution in [1.29, 1.82) is 0 Å². The number of hydrogen-bond donors (Lipinski definition) is 0. The van der Waals surface area contributed by atoms with Crippen molar-refractivity contribution in [3.63, 3.8) is 0 Å². The van der Waals surface area contributed by atoms with Crippen LogP contribution in [0.3, 0.4) is 0 Å². The predicted octanol–water partition coefficient (Wildman–Crippen LogP) is 12.2. The van der Waals surface area contributed by atoms with Crippen LogP contribution in [0.25, 0.3) is 0 Å². The van der Waals surface area contributed by atoms with E-state index in [0.29, 0.717) is 12.8 Å². The Morgan fingerprint density at radius 1 is 0.537 bits per heavy atom. The summed E-state index contributed by atoms with van der Waals surface area (Å²) in [6.07, 6.45) is 34.1. The molecular formula is C44H88NO8P. The van der Waals surface area contributed by atoms with Crippen LogP contribution < -0.4 is 4.89 Å². The molecule has 0 aliphatic heterocycles. The van der Waals surface area contributed by atoms with Crippen LogP contribution in [0.4, 0.5) is 0 Å². The summed E-state index contributed by atoms with van der Waals surface area (Å²) >= 11 is 0. The van der Waals surface area contributed by atoms with Gasteiger partial charge in [0.25, 0.3) is 7.82 Å². The van der Waals surface area contributed by atoms with E-state index in [1.54, 1.807) is 0 Å². The molecule has 322 valence electrons. The smallest absolute Gasteiger partial charge is 0.306 e. The molecule has 0 rings (SSSR count). The number of nitrogens with zero attached hydrogens (tertiary/aromatic N) is 1. The van der Waals surface area contributed by atoms with Gasteiger partial charge in [-0.25, -0.2) is 0 Å². The third-order valence-electron chi connectivity index (χ3n) is 9.79. The molecule has 10 heteroatoms. The van der Waals surface area contributed by atoms with Crippen LogP contribution in [0.5, 0.6) is 0 Å². The molecule has 1 unspecified atom stereocenters. The summed E-state index contributed by atoms with van der Waals surface area (Å²) in [7, 11) is -5.32. The zero-order chi connectivity index (χ0) is 47.5. The molecule has 0 spiro atoms. The van der Waals surface area contributed by atoms with E-state index in [1.807, 2.05) is 0 Å². The van der Waals surface area contributed by atoms with Crippen LogP contribution >= 0.6 is 7.82 Å². The zero-order valence-electron chi connectivity index (χ0n) is 43.7. The summed E-state index contributed by atoms with van der Waals surface area (Å²) in [6, 6.07) is 0. The summed E-state index contributed by atoms with van der Waals surface area (Å²) in [5, 5.41) is 0. The highest BCUT2D eigenvalue weighted by Gasteiger charge is 2.21. The van der Waals surface area contributed by atoms with Gasteiger partial charge in [0.15, 0.2) is 6.10 Å². The molecule has 0 aliphatic rings. The van der Waals surface area contributed by atoms with Crippen LogP contribution in [0, 0.1) is 0 Å². The molecule has 0 fully saturated rings. The average molecular weight is 799 g/mol. The van der Waals surface area contributed by atoms with Gasteiger partial charge >= 0.3 is 11.9 Å². The maximum absolute atomic E-state index is 12.8. The minimum absolute atomic E-state index is 0.0622. The first-order chi connectivity index (χ1) is 29.7. The normalized spacial score (nSPS) is 16.7. The topological polar surface area (TPSA) is 111 Å².